The topological polar surface area (TPSA) is 33.2 Å². The van der Waals surface area contributed by atoms with Crippen molar-refractivity contribution in [3.63, 3.8) is 0 Å². The summed E-state index contributed by atoms with van der Waals surface area (Å²) in [6.45, 7) is 4.92. The van der Waals surface area contributed by atoms with Gasteiger partial charge in [0.05, 0.1) is 6.04 Å². The molecular weight excluding hydrogens is 224 g/mol. The maximum absolute atomic E-state index is 12.1. The molecule has 2 rings (SSSR count). The van der Waals surface area contributed by atoms with Crippen LogP contribution in [-0.4, -0.2) is 22.3 Å². The molecule has 1 fully saturated rings. The summed E-state index contributed by atoms with van der Waals surface area (Å²) >= 11 is 0. The SMILES string of the molecule is C#CC1CC(=O)N(C(c2ccncc2)C(C)C)C1. The highest BCUT2D eigenvalue weighted by Crippen LogP contribution is 2.33. The predicted molar refractivity (Wildman–Crippen MR) is 70.5 cm³/mol. The van der Waals surface area contributed by atoms with E-state index in [1.807, 2.05) is 17.0 Å². The smallest absolute Gasteiger partial charge is 0.224 e. The van der Waals surface area contributed by atoms with E-state index >= 15 is 0 Å². The fourth-order valence-electron chi connectivity index (χ4n) is 2.60. The molecule has 2 unspecified atom stereocenters. The van der Waals surface area contributed by atoms with E-state index in [1.54, 1.807) is 12.4 Å². The van der Waals surface area contributed by atoms with Gasteiger partial charge in [-0.25, -0.2) is 0 Å². The van der Waals surface area contributed by atoms with E-state index in [-0.39, 0.29) is 17.9 Å². The molecule has 1 aliphatic heterocycles. The molecule has 3 nitrogen and oxygen atoms in total. The van der Waals surface area contributed by atoms with E-state index in [4.69, 9.17) is 6.42 Å². The summed E-state index contributed by atoms with van der Waals surface area (Å²) < 4.78 is 0. The normalized spacial score (nSPS) is 21.1. The molecule has 0 bridgehead atoms. The number of hydrogen-bond acceptors (Lipinski definition) is 2. The summed E-state index contributed by atoms with van der Waals surface area (Å²) in [5.41, 5.74) is 1.13. The molecule has 3 heteroatoms. The van der Waals surface area contributed by atoms with Crippen LogP contribution in [0.4, 0.5) is 0 Å². The minimum atomic E-state index is 0.0561. The Kier molecular flexibility index (Phi) is 3.66. The molecule has 2 atom stereocenters. The molecule has 0 saturated carbocycles. The average molecular weight is 242 g/mol. The standard InChI is InChI=1S/C15H18N2O/c1-4-12-9-14(18)17(10-12)15(11(2)3)13-5-7-16-8-6-13/h1,5-8,11-12,15H,9-10H2,2-3H3. The first-order valence-electron chi connectivity index (χ1n) is 6.29. The summed E-state index contributed by atoms with van der Waals surface area (Å²) in [5, 5.41) is 0. The second kappa shape index (κ2) is 5.22. The summed E-state index contributed by atoms with van der Waals surface area (Å²) in [6.07, 6.45) is 9.45. The number of nitrogens with zero attached hydrogens (tertiary/aromatic N) is 2. The fraction of sp³-hybridized carbons (Fsp3) is 0.467. The van der Waals surface area contributed by atoms with Gasteiger partial charge in [-0.2, -0.15) is 0 Å². The highest BCUT2D eigenvalue weighted by molar-refractivity contribution is 5.79. The van der Waals surface area contributed by atoms with E-state index in [2.05, 4.69) is 24.8 Å². The van der Waals surface area contributed by atoms with Crippen molar-refractivity contribution in [2.75, 3.05) is 6.54 Å². The molecule has 1 aromatic heterocycles. The third-order valence-corrected chi connectivity index (χ3v) is 3.41. The number of amides is 1. The lowest BCUT2D eigenvalue weighted by atomic mass is 9.95. The molecule has 1 aromatic rings. The van der Waals surface area contributed by atoms with E-state index < -0.39 is 0 Å². The van der Waals surface area contributed by atoms with Crippen molar-refractivity contribution in [2.45, 2.75) is 26.3 Å². The number of terminal acetylenes is 1. The Labute approximate surface area is 108 Å². The van der Waals surface area contributed by atoms with Crippen LogP contribution in [0.5, 0.6) is 0 Å². The van der Waals surface area contributed by atoms with Gasteiger partial charge in [0.15, 0.2) is 0 Å². The van der Waals surface area contributed by atoms with Crippen molar-refractivity contribution >= 4 is 5.91 Å². The van der Waals surface area contributed by atoms with Crippen LogP contribution in [0.25, 0.3) is 0 Å². The van der Waals surface area contributed by atoms with Crippen molar-refractivity contribution in [1.82, 2.24) is 9.88 Å². The largest absolute Gasteiger partial charge is 0.334 e. The molecule has 1 aliphatic rings. The first kappa shape index (κ1) is 12.6. The second-order valence-corrected chi connectivity index (χ2v) is 5.08. The van der Waals surface area contributed by atoms with Gasteiger partial charge >= 0.3 is 0 Å². The first-order valence-corrected chi connectivity index (χ1v) is 6.29. The maximum atomic E-state index is 12.1. The van der Waals surface area contributed by atoms with Crippen LogP contribution in [0.2, 0.25) is 0 Å². The van der Waals surface area contributed by atoms with Crippen LogP contribution in [-0.2, 0) is 4.79 Å². The molecule has 1 amide bonds. The summed E-state index contributed by atoms with van der Waals surface area (Å²) in [5.74, 6) is 3.27. The van der Waals surface area contributed by atoms with E-state index in [0.717, 1.165) is 5.56 Å². The Morgan fingerprint density at radius 1 is 1.44 bits per heavy atom. The van der Waals surface area contributed by atoms with Crippen LogP contribution in [0, 0.1) is 24.2 Å². The zero-order valence-electron chi connectivity index (χ0n) is 10.8. The fourth-order valence-corrected chi connectivity index (χ4v) is 2.60. The van der Waals surface area contributed by atoms with Gasteiger partial charge in [0.1, 0.15) is 0 Å². The van der Waals surface area contributed by atoms with E-state index in [1.165, 1.54) is 0 Å². The van der Waals surface area contributed by atoms with Crippen molar-refractivity contribution in [1.29, 1.82) is 0 Å². The number of hydrogen-bond donors (Lipinski definition) is 0. The third-order valence-electron chi connectivity index (χ3n) is 3.41. The maximum Gasteiger partial charge on any atom is 0.224 e. The molecule has 0 spiro atoms. The summed E-state index contributed by atoms with van der Waals surface area (Å²) in [6, 6.07) is 4.04. The molecule has 2 heterocycles. The van der Waals surface area contributed by atoms with Crippen molar-refractivity contribution in [3.05, 3.63) is 30.1 Å². The highest BCUT2D eigenvalue weighted by atomic mass is 16.2. The van der Waals surface area contributed by atoms with Gasteiger partial charge in [-0.15, -0.1) is 12.3 Å². The Morgan fingerprint density at radius 3 is 2.61 bits per heavy atom. The minimum Gasteiger partial charge on any atom is -0.334 e. The predicted octanol–water partition coefficient (Wildman–Crippen LogP) is 2.26. The first-order chi connectivity index (χ1) is 8.63. The number of rotatable bonds is 3. The monoisotopic (exact) mass is 242 g/mol. The Morgan fingerprint density at radius 2 is 2.11 bits per heavy atom. The molecule has 94 valence electrons. The van der Waals surface area contributed by atoms with E-state index in [0.29, 0.717) is 18.9 Å². The van der Waals surface area contributed by atoms with Crippen LogP contribution < -0.4 is 0 Å². The summed E-state index contributed by atoms with van der Waals surface area (Å²) in [4.78, 5) is 18.0. The molecule has 0 radical (unpaired) electrons. The third kappa shape index (κ3) is 2.38. The number of carbonyl (C=O) groups excluding carboxylic acids is 1. The lowest BCUT2D eigenvalue weighted by Gasteiger charge is -2.31. The number of pyridine rings is 1. The van der Waals surface area contributed by atoms with Gasteiger partial charge < -0.3 is 4.90 Å². The van der Waals surface area contributed by atoms with Crippen LogP contribution >= 0.6 is 0 Å². The van der Waals surface area contributed by atoms with Crippen molar-refractivity contribution in [2.24, 2.45) is 11.8 Å². The van der Waals surface area contributed by atoms with Gasteiger partial charge in [-0.3, -0.25) is 9.78 Å². The quantitative estimate of drug-likeness (QED) is 0.762. The Hall–Kier alpha value is -1.82. The zero-order valence-corrected chi connectivity index (χ0v) is 10.8. The zero-order chi connectivity index (χ0) is 13.1. The van der Waals surface area contributed by atoms with Gasteiger partial charge in [0.2, 0.25) is 5.91 Å². The van der Waals surface area contributed by atoms with Gasteiger partial charge in [0, 0.05) is 31.3 Å². The number of likely N-dealkylation sites (tertiary alicyclic amines) is 1. The lowest BCUT2D eigenvalue weighted by Crippen LogP contribution is -2.33. The number of aromatic nitrogens is 1. The van der Waals surface area contributed by atoms with Gasteiger partial charge in [-0.05, 0) is 23.6 Å². The second-order valence-electron chi connectivity index (χ2n) is 5.08. The molecule has 0 aliphatic carbocycles. The molecular formula is C15H18N2O. The van der Waals surface area contributed by atoms with Crippen molar-refractivity contribution in [3.8, 4) is 12.3 Å². The van der Waals surface area contributed by atoms with Gasteiger partial charge in [-0.1, -0.05) is 13.8 Å². The van der Waals surface area contributed by atoms with Crippen LogP contribution in [0.1, 0.15) is 31.9 Å². The van der Waals surface area contributed by atoms with Crippen LogP contribution in [0.3, 0.4) is 0 Å². The summed E-state index contributed by atoms with van der Waals surface area (Å²) in [7, 11) is 0. The Balaban J connectivity index is 2.28. The average Bonchev–Trinajstić information content (AvgIpc) is 2.72. The molecule has 1 saturated heterocycles. The molecule has 0 aromatic carbocycles. The Bertz CT molecular complexity index is 461. The van der Waals surface area contributed by atoms with E-state index in [9.17, 15) is 4.79 Å². The van der Waals surface area contributed by atoms with Crippen molar-refractivity contribution < 1.29 is 4.79 Å². The lowest BCUT2D eigenvalue weighted by molar-refractivity contribution is -0.130. The number of carbonyl (C=O) groups is 1. The highest BCUT2D eigenvalue weighted by Gasteiger charge is 2.35. The molecule has 18 heavy (non-hydrogen) atoms. The molecule has 0 N–H and O–H groups in total. The van der Waals surface area contributed by atoms with Gasteiger partial charge in [0.25, 0.3) is 0 Å². The minimum absolute atomic E-state index is 0.0561. The van der Waals surface area contributed by atoms with Crippen LogP contribution in [0.15, 0.2) is 24.5 Å².